The summed E-state index contributed by atoms with van der Waals surface area (Å²) in [6.45, 7) is 3.92. The van der Waals surface area contributed by atoms with Gasteiger partial charge in [-0.1, -0.05) is 6.92 Å². The van der Waals surface area contributed by atoms with E-state index in [2.05, 4.69) is 22.2 Å². The van der Waals surface area contributed by atoms with E-state index in [1.165, 1.54) is 0 Å². The third kappa shape index (κ3) is 2.70. The largest absolute Gasteiger partial charge is 0.460 e. The van der Waals surface area contributed by atoms with Gasteiger partial charge in [-0.3, -0.25) is 9.97 Å². The Balaban J connectivity index is 1.83. The van der Waals surface area contributed by atoms with Crippen molar-refractivity contribution in [3.8, 4) is 11.3 Å². The molecule has 0 unspecified atom stereocenters. The van der Waals surface area contributed by atoms with Gasteiger partial charge in [0.05, 0.1) is 17.6 Å². The minimum Gasteiger partial charge on any atom is -0.460 e. The topological polar surface area (TPSA) is 51.0 Å². The molecule has 0 amide bonds. The molecule has 0 atom stereocenters. The van der Waals surface area contributed by atoms with Crippen LogP contribution in [0.2, 0.25) is 0 Å². The molecular formula is C16H17N3O. The Kier molecular flexibility index (Phi) is 3.74. The van der Waals surface area contributed by atoms with Crippen molar-refractivity contribution in [2.45, 2.75) is 19.9 Å². The molecular weight excluding hydrogens is 250 g/mol. The molecule has 2 heterocycles. The van der Waals surface area contributed by atoms with E-state index in [-0.39, 0.29) is 0 Å². The van der Waals surface area contributed by atoms with E-state index in [0.717, 1.165) is 47.6 Å². The van der Waals surface area contributed by atoms with Crippen LogP contribution in [0.25, 0.3) is 22.4 Å². The maximum Gasteiger partial charge on any atom is 0.134 e. The number of hydrogen-bond donors (Lipinski definition) is 1. The molecule has 0 saturated carbocycles. The van der Waals surface area contributed by atoms with E-state index < -0.39 is 0 Å². The van der Waals surface area contributed by atoms with Crippen molar-refractivity contribution in [2.24, 2.45) is 0 Å². The van der Waals surface area contributed by atoms with Crippen molar-refractivity contribution < 1.29 is 4.42 Å². The lowest BCUT2D eigenvalue weighted by atomic mass is 10.1. The molecule has 0 saturated heterocycles. The number of nitrogens with zero attached hydrogens (tertiary/aromatic N) is 2. The minimum absolute atomic E-state index is 0.765. The molecule has 0 aliphatic heterocycles. The maximum atomic E-state index is 5.85. The van der Waals surface area contributed by atoms with Gasteiger partial charge in [-0.25, -0.2) is 0 Å². The molecule has 0 radical (unpaired) electrons. The number of fused-ring (bicyclic) bond motifs is 1. The van der Waals surface area contributed by atoms with Crippen molar-refractivity contribution in [3.63, 3.8) is 0 Å². The second kappa shape index (κ2) is 5.84. The zero-order valence-corrected chi connectivity index (χ0v) is 11.5. The normalized spacial score (nSPS) is 11.1. The predicted octanol–water partition coefficient (Wildman–Crippen LogP) is 3.39. The Bertz CT molecular complexity index is 706. The molecule has 4 nitrogen and oxygen atoms in total. The molecule has 3 rings (SSSR count). The molecule has 0 aliphatic rings. The van der Waals surface area contributed by atoms with Gasteiger partial charge in [-0.05, 0) is 43.3 Å². The van der Waals surface area contributed by atoms with Crippen LogP contribution in [0.4, 0.5) is 0 Å². The van der Waals surface area contributed by atoms with Crippen molar-refractivity contribution in [2.75, 3.05) is 6.54 Å². The zero-order valence-electron chi connectivity index (χ0n) is 11.5. The highest BCUT2D eigenvalue weighted by atomic mass is 16.3. The van der Waals surface area contributed by atoms with Gasteiger partial charge in [0.1, 0.15) is 11.5 Å². The van der Waals surface area contributed by atoms with Crippen LogP contribution in [-0.2, 0) is 6.54 Å². The number of furan rings is 1. The molecule has 1 N–H and O–H groups in total. The van der Waals surface area contributed by atoms with Crippen molar-refractivity contribution in [3.05, 3.63) is 48.5 Å². The molecule has 0 bridgehead atoms. The van der Waals surface area contributed by atoms with Crippen LogP contribution in [0.1, 0.15) is 19.1 Å². The summed E-state index contributed by atoms with van der Waals surface area (Å²) in [5, 5.41) is 3.33. The first kappa shape index (κ1) is 12.8. The Hall–Kier alpha value is -2.20. The summed E-state index contributed by atoms with van der Waals surface area (Å²) in [6.07, 6.45) is 4.53. The number of hydrogen-bond acceptors (Lipinski definition) is 4. The van der Waals surface area contributed by atoms with E-state index in [0.29, 0.717) is 0 Å². The number of benzene rings is 1. The quantitative estimate of drug-likeness (QED) is 0.720. The second-order valence-electron chi connectivity index (χ2n) is 4.70. The summed E-state index contributed by atoms with van der Waals surface area (Å²) >= 11 is 0. The van der Waals surface area contributed by atoms with Gasteiger partial charge >= 0.3 is 0 Å². The molecule has 20 heavy (non-hydrogen) atoms. The van der Waals surface area contributed by atoms with Crippen molar-refractivity contribution in [1.29, 1.82) is 0 Å². The molecule has 0 fully saturated rings. The lowest BCUT2D eigenvalue weighted by Gasteiger charge is -2.01. The van der Waals surface area contributed by atoms with E-state index in [4.69, 9.17) is 4.42 Å². The summed E-state index contributed by atoms with van der Waals surface area (Å²) in [4.78, 5) is 8.59. The first-order chi connectivity index (χ1) is 9.86. The van der Waals surface area contributed by atoms with Gasteiger partial charge in [0.2, 0.25) is 0 Å². The fourth-order valence-electron chi connectivity index (χ4n) is 2.13. The van der Waals surface area contributed by atoms with Gasteiger partial charge in [0.25, 0.3) is 0 Å². The SMILES string of the molecule is CCCNCc1ccc(-c2ccc3nccnc3c2)o1. The molecule has 2 aromatic heterocycles. The monoisotopic (exact) mass is 267 g/mol. The van der Waals surface area contributed by atoms with Crippen LogP contribution in [0.15, 0.2) is 47.1 Å². The fourth-order valence-corrected chi connectivity index (χ4v) is 2.13. The van der Waals surface area contributed by atoms with Crippen LogP contribution in [-0.4, -0.2) is 16.5 Å². The fraction of sp³-hybridized carbons (Fsp3) is 0.250. The summed E-state index contributed by atoms with van der Waals surface area (Å²) in [6, 6.07) is 10.00. The molecule has 4 heteroatoms. The third-order valence-corrected chi connectivity index (χ3v) is 3.14. The van der Waals surface area contributed by atoms with Crippen LogP contribution >= 0.6 is 0 Å². The highest BCUT2D eigenvalue weighted by Gasteiger charge is 2.06. The molecule has 102 valence electrons. The van der Waals surface area contributed by atoms with Crippen LogP contribution in [0.3, 0.4) is 0 Å². The smallest absolute Gasteiger partial charge is 0.134 e. The Morgan fingerprint density at radius 2 is 1.90 bits per heavy atom. The highest BCUT2D eigenvalue weighted by Crippen LogP contribution is 2.24. The molecule has 1 aromatic carbocycles. The van der Waals surface area contributed by atoms with Crippen LogP contribution < -0.4 is 5.32 Å². The van der Waals surface area contributed by atoms with Crippen molar-refractivity contribution >= 4 is 11.0 Å². The van der Waals surface area contributed by atoms with E-state index in [9.17, 15) is 0 Å². The lowest BCUT2D eigenvalue weighted by Crippen LogP contribution is -2.12. The third-order valence-electron chi connectivity index (χ3n) is 3.14. The van der Waals surface area contributed by atoms with Gasteiger partial charge in [0.15, 0.2) is 0 Å². The van der Waals surface area contributed by atoms with E-state index >= 15 is 0 Å². The van der Waals surface area contributed by atoms with Crippen LogP contribution in [0, 0.1) is 0 Å². The van der Waals surface area contributed by atoms with Gasteiger partial charge in [-0.15, -0.1) is 0 Å². The van der Waals surface area contributed by atoms with Crippen molar-refractivity contribution in [1.82, 2.24) is 15.3 Å². The Morgan fingerprint density at radius 1 is 1.05 bits per heavy atom. The Morgan fingerprint density at radius 3 is 2.75 bits per heavy atom. The summed E-state index contributed by atoms with van der Waals surface area (Å²) < 4.78 is 5.85. The first-order valence-corrected chi connectivity index (χ1v) is 6.87. The summed E-state index contributed by atoms with van der Waals surface area (Å²) in [5.41, 5.74) is 2.81. The lowest BCUT2D eigenvalue weighted by molar-refractivity contribution is 0.493. The van der Waals surface area contributed by atoms with Gasteiger partial charge in [0, 0.05) is 18.0 Å². The van der Waals surface area contributed by atoms with Gasteiger partial charge < -0.3 is 9.73 Å². The molecule has 3 aromatic rings. The summed E-state index contributed by atoms with van der Waals surface area (Å²) in [7, 11) is 0. The maximum absolute atomic E-state index is 5.85. The number of aromatic nitrogens is 2. The Labute approximate surface area is 117 Å². The average molecular weight is 267 g/mol. The highest BCUT2D eigenvalue weighted by molar-refractivity contribution is 5.79. The predicted molar refractivity (Wildman–Crippen MR) is 79.2 cm³/mol. The van der Waals surface area contributed by atoms with Crippen LogP contribution in [0.5, 0.6) is 0 Å². The average Bonchev–Trinajstić information content (AvgIpc) is 2.96. The minimum atomic E-state index is 0.765. The zero-order chi connectivity index (χ0) is 13.8. The summed E-state index contributed by atoms with van der Waals surface area (Å²) in [5.74, 6) is 1.82. The molecule has 0 spiro atoms. The first-order valence-electron chi connectivity index (χ1n) is 6.87. The molecule has 0 aliphatic carbocycles. The standard InChI is InChI=1S/C16H17N3O/c1-2-7-17-11-13-4-6-16(20-13)12-3-5-14-15(10-12)19-9-8-18-14/h3-6,8-10,17H,2,7,11H2,1H3. The van der Waals surface area contributed by atoms with E-state index in [1.807, 2.05) is 30.3 Å². The second-order valence-corrected chi connectivity index (χ2v) is 4.70. The number of rotatable bonds is 5. The number of nitrogens with one attached hydrogen (secondary N) is 1. The van der Waals surface area contributed by atoms with E-state index in [1.54, 1.807) is 12.4 Å². The van der Waals surface area contributed by atoms with Gasteiger partial charge in [-0.2, -0.15) is 0 Å².